The van der Waals surface area contributed by atoms with Gasteiger partial charge in [0.05, 0.1) is 11.8 Å². The molecule has 0 spiro atoms. The van der Waals surface area contributed by atoms with Crippen molar-refractivity contribution in [3.05, 3.63) is 60.4 Å². The Balaban J connectivity index is 1.44. The largest absolute Gasteiger partial charge is 0.376 e. The van der Waals surface area contributed by atoms with E-state index in [2.05, 4.69) is 20.9 Å². The lowest BCUT2D eigenvalue weighted by Gasteiger charge is -2.12. The average molecular weight is 366 g/mol. The highest BCUT2D eigenvalue weighted by atomic mass is 16.5. The highest BCUT2D eigenvalue weighted by molar-refractivity contribution is 6.02. The number of ether oxygens (including phenoxy) is 1. The smallest absolute Gasteiger partial charge is 0.319 e. The fraction of sp³-hybridized carbons (Fsp3) is 0.250. The van der Waals surface area contributed by atoms with E-state index in [9.17, 15) is 9.59 Å². The van der Waals surface area contributed by atoms with Gasteiger partial charge in [-0.15, -0.1) is 0 Å². The Hall–Kier alpha value is -3.19. The van der Waals surface area contributed by atoms with Crippen molar-refractivity contribution in [2.45, 2.75) is 18.9 Å². The van der Waals surface area contributed by atoms with Gasteiger partial charge in [-0.1, -0.05) is 6.07 Å². The van der Waals surface area contributed by atoms with Crippen molar-refractivity contribution in [1.82, 2.24) is 10.3 Å². The van der Waals surface area contributed by atoms with Crippen LogP contribution in [0.5, 0.6) is 0 Å². The summed E-state index contributed by atoms with van der Waals surface area (Å²) in [7, 11) is 0. The van der Waals surface area contributed by atoms with E-state index in [4.69, 9.17) is 4.74 Å². The predicted molar refractivity (Wildman–Crippen MR) is 104 cm³/mol. The fourth-order valence-corrected chi connectivity index (χ4v) is 2.64. The molecule has 140 valence electrons. The minimum Gasteiger partial charge on any atom is -0.376 e. The van der Waals surface area contributed by atoms with Gasteiger partial charge in [-0.3, -0.25) is 9.78 Å². The second-order valence-corrected chi connectivity index (χ2v) is 6.12. The molecule has 0 aliphatic carbocycles. The lowest BCUT2D eigenvalue weighted by Crippen LogP contribution is -2.35. The Morgan fingerprint density at radius 2 is 1.89 bits per heavy atom. The minimum absolute atomic E-state index is 0.104. The van der Waals surface area contributed by atoms with Gasteiger partial charge in [-0.25, -0.2) is 4.79 Å². The molecule has 1 aromatic carbocycles. The SMILES string of the molecule is O=C(/C=C/c1ccccn1)Nc1ccc(NC(=O)NCC2CCCO2)cc1. The third-order valence-corrected chi connectivity index (χ3v) is 4.02. The number of rotatable bonds is 6. The number of hydrogen-bond donors (Lipinski definition) is 3. The molecule has 0 saturated carbocycles. The van der Waals surface area contributed by atoms with E-state index in [0.29, 0.717) is 23.6 Å². The first kappa shape index (κ1) is 18.6. The van der Waals surface area contributed by atoms with Crippen LogP contribution in [0.4, 0.5) is 16.2 Å². The van der Waals surface area contributed by atoms with E-state index < -0.39 is 0 Å². The molecule has 3 N–H and O–H groups in total. The predicted octanol–water partition coefficient (Wildman–Crippen LogP) is 3.03. The summed E-state index contributed by atoms with van der Waals surface area (Å²) in [6, 6.07) is 12.1. The molecule has 1 aromatic heterocycles. The summed E-state index contributed by atoms with van der Waals surface area (Å²) >= 11 is 0. The summed E-state index contributed by atoms with van der Waals surface area (Å²) in [5, 5.41) is 8.30. The molecule has 27 heavy (non-hydrogen) atoms. The topological polar surface area (TPSA) is 92.4 Å². The minimum atomic E-state index is -0.277. The van der Waals surface area contributed by atoms with Crippen LogP contribution >= 0.6 is 0 Å². The molecule has 2 aromatic rings. The number of carbonyl (C=O) groups excluding carboxylic acids is 2. The highest BCUT2D eigenvalue weighted by Gasteiger charge is 2.16. The second kappa shape index (κ2) is 9.49. The molecule has 0 radical (unpaired) electrons. The normalized spacial score (nSPS) is 16.2. The maximum Gasteiger partial charge on any atom is 0.319 e. The zero-order valence-electron chi connectivity index (χ0n) is 14.9. The third kappa shape index (κ3) is 6.23. The van der Waals surface area contributed by atoms with Gasteiger partial charge in [-0.05, 0) is 55.3 Å². The number of anilines is 2. The average Bonchev–Trinajstić information content (AvgIpc) is 3.21. The van der Waals surface area contributed by atoms with E-state index in [-0.39, 0.29) is 18.0 Å². The van der Waals surface area contributed by atoms with Gasteiger partial charge >= 0.3 is 6.03 Å². The molecule has 3 amide bonds. The quantitative estimate of drug-likeness (QED) is 0.685. The van der Waals surface area contributed by atoms with Crippen LogP contribution in [-0.2, 0) is 9.53 Å². The number of amides is 3. The highest BCUT2D eigenvalue weighted by Crippen LogP contribution is 2.14. The number of nitrogens with one attached hydrogen (secondary N) is 3. The van der Waals surface area contributed by atoms with E-state index in [1.54, 1.807) is 36.5 Å². The summed E-state index contributed by atoms with van der Waals surface area (Å²) < 4.78 is 5.46. The number of carbonyl (C=O) groups is 2. The monoisotopic (exact) mass is 366 g/mol. The number of aromatic nitrogens is 1. The zero-order valence-corrected chi connectivity index (χ0v) is 14.9. The van der Waals surface area contributed by atoms with Crippen LogP contribution in [0.3, 0.4) is 0 Å². The lowest BCUT2D eigenvalue weighted by atomic mass is 10.2. The molecule has 1 atom stereocenters. The Morgan fingerprint density at radius 1 is 1.11 bits per heavy atom. The van der Waals surface area contributed by atoms with Crippen LogP contribution in [0.1, 0.15) is 18.5 Å². The standard InChI is InChI=1S/C20H22N4O3/c25-19(11-10-15-4-1-2-12-21-15)23-16-6-8-17(9-7-16)24-20(26)22-14-18-5-3-13-27-18/h1-2,4,6-12,18H,3,5,13-14H2,(H,23,25)(H2,22,24,26)/b11-10+. The van der Waals surface area contributed by atoms with E-state index in [0.717, 1.165) is 19.4 Å². The van der Waals surface area contributed by atoms with Crippen molar-refractivity contribution in [2.24, 2.45) is 0 Å². The molecule has 1 aliphatic heterocycles. The van der Waals surface area contributed by atoms with Crippen LogP contribution in [0.2, 0.25) is 0 Å². The molecule has 1 aliphatic rings. The van der Waals surface area contributed by atoms with E-state index >= 15 is 0 Å². The summed E-state index contributed by atoms with van der Waals surface area (Å²) in [5.41, 5.74) is 1.99. The first-order chi connectivity index (χ1) is 13.2. The maximum absolute atomic E-state index is 11.9. The molecular formula is C20H22N4O3. The van der Waals surface area contributed by atoms with Crippen molar-refractivity contribution < 1.29 is 14.3 Å². The van der Waals surface area contributed by atoms with Gasteiger partial charge in [0, 0.05) is 36.8 Å². The van der Waals surface area contributed by atoms with Gasteiger partial charge in [-0.2, -0.15) is 0 Å². The number of pyridine rings is 1. The molecule has 0 bridgehead atoms. The van der Waals surface area contributed by atoms with Crippen molar-refractivity contribution in [1.29, 1.82) is 0 Å². The van der Waals surface area contributed by atoms with E-state index in [1.807, 2.05) is 18.2 Å². The summed E-state index contributed by atoms with van der Waals surface area (Å²) in [6.07, 6.45) is 6.85. The molecule has 1 saturated heterocycles. The Labute approximate surface area is 157 Å². The molecule has 2 heterocycles. The Bertz CT molecular complexity index is 785. The summed E-state index contributed by atoms with van der Waals surface area (Å²) in [4.78, 5) is 27.9. The van der Waals surface area contributed by atoms with Gasteiger partial charge in [0.1, 0.15) is 0 Å². The van der Waals surface area contributed by atoms with Gasteiger partial charge in [0.15, 0.2) is 0 Å². The zero-order chi connectivity index (χ0) is 18.9. The molecule has 3 rings (SSSR count). The maximum atomic E-state index is 11.9. The van der Waals surface area contributed by atoms with Gasteiger partial charge < -0.3 is 20.7 Å². The molecular weight excluding hydrogens is 344 g/mol. The van der Waals surface area contributed by atoms with Crippen molar-refractivity contribution >= 4 is 29.4 Å². The van der Waals surface area contributed by atoms with Crippen molar-refractivity contribution in [3.8, 4) is 0 Å². The number of benzene rings is 1. The van der Waals surface area contributed by atoms with Crippen LogP contribution in [0.25, 0.3) is 6.08 Å². The summed E-state index contributed by atoms with van der Waals surface area (Å²) in [5.74, 6) is -0.254. The number of hydrogen-bond acceptors (Lipinski definition) is 4. The number of nitrogens with zero attached hydrogens (tertiary/aromatic N) is 1. The molecule has 7 nitrogen and oxygen atoms in total. The van der Waals surface area contributed by atoms with E-state index in [1.165, 1.54) is 6.08 Å². The Kier molecular flexibility index (Phi) is 6.54. The first-order valence-electron chi connectivity index (χ1n) is 8.86. The lowest BCUT2D eigenvalue weighted by molar-refractivity contribution is -0.111. The second-order valence-electron chi connectivity index (χ2n) is 6.12. The van der Waals surface area contributed by atoms with Gasteiger partial charge in [0.2, 0.25) is 5.91 Å². The van der Waals surface area contributed by atoms with Crippen molar-refractivity contribution in [2.75, 3.05) is 23.8 Å². The molecule has 1 fully saturated rings. The van der Waals surface area contributed by atoms with Gasteiger partial charge in [0.25, 0.3) is 0 Å². The molecule has 1 unspecified atom stereocenters. The third-order valence-electron chi connectivity index (χ3n) is 4.02. The van der Waals surface area contributed by atoms with Crippen LogP contribution < -0.4 is 16.0 Å². The summed E-state index contributed by atoms with van der Waals surface area (Å²) in [6.45, 7) is 1.26. The van der Waals surface area contributed by atoms with Crippen molar-refractivity contribution in [3.63, 3.8) is 0 Å². The fourth-order valence-electron chi connectivity index (χ4n) is 2.64. The number of urea groups is 1. The van der Waals surface area contributed by atoms with Crippen LogP contribution in [0, 0.1) is 0 Å². The molecule has 7 heteroatoms. The van der Waals surface area contributed by atoms with Crippen LogP contribution in [0.15, 0.2) is 54.7 Å². The first-order valence-corrected chi connectivity index (χ1v) is 8.86. The van der Waals surface area contributed by atoms with Crippen LogP contribution in [-0.4, -0.2) is 36.2 Å². The Morgan fingerprint density at radius 3 is 2.56 bits per heavy atom.